The second kappa shape index (κ2) is 8.05. The number of aromatic nitrogens is 2. The summed E-state index contributed by atoms with van der Waals surface area (Å²) in [6.07, 6.45) is 0. The molecule has 1 heterocycles. The first-order valence-corrected chi connectivity index (χ1v) is 8.67. The van der Waals surface area contributed by atoms with Gasteiger partial charge in [0, 0.05) is 17.4 Å². The first-order chi connectivity index (χ1) is 13.0. The van der Waals surface area contributed by atoms with Gasteiger partial charge in [0.15, 0.2) is 0 Å². The van der Waals surface area contributed by atoms with Gasteiger partial charge in [0.05, 0.1) is 12.1 Å². The largest absolute Gasteiger partial charge is 0.495 e. The first kappa shape index (κ1) is 18.7. The summed E-state index contributed by atoms with van der Waals surface area (Å²) in [5.74, 6) is 1.26. The van der Waals surface area contributed by atoms with Crippen molar-refractivity contribution in [3.05, 3.63) is 70.6 Å². The van der Waals surface area contributed by atoms with Crippen molar-refractivity contribution in [3.8, 4) is 5.75 Å². The van der Waals surface area contributed by atoms with Crippen LogP contribution in [0.3, 0.4) is 0 Å². The number of carbonyl (C=O) groups excluding carboxylic acids is 1. The quantitative estimate of drug-likeness (QED) is 0.665. The van der Waals surface area contributed by atoms with Crippen molar-refractivity contribution in [3.63, 3.8) is 0 Å². The Balaban J connectivity index is 1.82. The highest BCUT2D eigenvalue weighted by atomic mass is 35.5. The van der Waals surface area contributed by atoms with E-state index in [0.29, 0.717) is 22.4 Å². The normalized spacial score (nSPS) is 10.4. The van der Waals surface area contributed by atoms with E-state index >= 15 is 0 Å². The summed E-state index contributed by atoms with van der Waals surface area (Å²) in [4.78, 5) is 21.2. The molecular formula is C20H19ClN4O2. The number of amides is 1. The molecule has 0 unspecified atom stereocenters. The fraction of sp³-hybridized carbons (Fsp3) is 0.150. The maximum Gasteiger partial charge on any atom is 0.274 e. The van der Waals surface area contributed by atoms with Crippen molar-refractivity contribution in [2.75, 3.05) is 17.7 Å². The van der Waals surface area contributed by atoms with E-state index in [9.17, 15) is 4.79 Å². The Morgan fingerprint density at radius 1 is 1.07 bits per heavy atom. The van der Waals surface area contributed by atoms with E-state index in [1.54, 1.807) is 32.2 Å². The van der Waals surface area contributed by atoms with Gasteiger partial charge in [-0.1, -0.05) is 29.8 Å². The Bertz CT molecular complexity index is 991. The van der Waals surface area contributed by atoms with Crippen LogP contribution in [0.1, 0.15) is 21.9 Å². The molecule has 1 aromatic heterocycles. The van der Waals surface area contributed by atoms with Crippen molar-refractivity contribution in [1.82, 2.24) is 9.97 Å². The minimum Gasteiger partial charge on any atom is -0.495 e. The highest BCUT2D eigenvalue weighted by Crippen LogP contribution is 2.28. The van der Waals surface area contributed by atoms with E-state index in [-0.39, 0.29) is 11.6 Å². The highest BCUT2D eigenvalue weighted by molar-refractivity contribution is 6.32. The van der Waals surface area contributed by atoms with Gasteiger partial charge in [0.25, 0.3) is 5.91 Å². The zero-order valence-electron chi connectivity index (χ0n) is 15.2. The van der Waals surface area contributed by atoms with Crippen molar-refractivity contribution in [2.45, 2.75) is 13.8 Å². The molecule has 2 N–H and O–H groups in total. The molecule has 1 amide bonds. The molecule has 2 aromatic carbocycles. The number of methoxy groups -OCH3 is 1. The number of carbonyl (C=O) groups is 1. The third-order valence-corrected chi connectivity index (χ3v) is 4.18. The highest BCUT2D eigenvalue weighted by Gasteiger charge is 2.12. The Morgan fingerprint density at radius 3 is 2.56 bits per heavy atom. The van der Waals surface area contributed by atoms with Crippen molar-refractivity contribution in [1.29, 1.82) is 0 Å². The molecule has 3 rings (SSSR count). The molecular weight excluding hydrogens is 364 g/mol. The van der Waals surface area contributed by atoms with Crippen LogP contribution in [0.2, 0.25) is 5.02 Å². The maximum absolute atomic E-state index is 12.6. The molecule has 0 aliphatic carbocycles. The summed E-state index contributed by atoms with van der Waals surface area (Å²) in [7, 11) is 1.56. The summed E-state index contributed by atoms with van der Waals surface area (Å²) in [5.41, 5.74) is 2.72. The van der Waals surface area contributed by atoms with Crippen LogP contribution < -0.4 is 15.4 Å². The smallest absolute Gasteiger partial charge is 0.274 e. The minimum atomic E-state index is -0.300. The summed E-state index contributed by atoms with van der Waals surface area (Å²) >= 11 is 6.15. The number of halogens is 1. The molecule has 138 valence electrons. The van der Waals surface area contributed by atoms with E-state index in [1.807, 2.05) is 37.3 Å². The van der Waals surface area contributed by atoms with Crippen LogP contribution in [0.5, 0.6) is 5.75 Å². The number of nitrogens with zero attached hydrogens (tertiary/aromatic N) is 2. The van der Waals surface area contributed by atoms with Crippen LogP contribution in [0.15, 0.2) is 48.5 Å². The van der Waals surface area contributed by atoms with Crippen molar-refractivity contribution in [2.24, 2.45) is 0 Å². The zero-order valence-corrected chi connectivity index (χ0v) is 16.0. The fourth-order valence-electron chi connectivity index (χ4n) is 2.54. The lowest BCUT2D eigenvalue weighted by Gasteiger charge is -2.11. The summed E-state index contributed by atoms with van der Waals surface area (Å²) in [6.45, 7) is 3.66. The predicted octanol–water partition coefficient (Wildman–Crippen LogP) is 4.75. The van der Waals surface area contributed by atoms with Crippen LogP contribution in [-0.2, 0) is 0 Å². The second-order valence-corrected chi connectivity index (χ2v) is 6.34. The molecule has 0 fully saturated rings. The third-order valence-electron chi connectivity index (χ3n) is 3.89. The molecule has 0 spiro atoms. The SMILES string of the molecule is COc1ccc(Nc2cc(C(=O)Nc3ccccc3C)nc(C)n2)cc1Cl. The van der Waals surface area contributed by atoms with Crippen LogP contribution in [0.25, 0.3) is 0 Å². The lowest BCUT2D eigenvalue weighted by atomic mass is 10.2. The molecule has 0 saturated carbocycles. The monoisotopic (exact) mass is 382 g/mol. The molecule has 6 nitrogen and oxygen atoms in total. The molecule has 0 radical (unpaired) electrons. The third kappa shape index (κ3) is 4.54. The lowest BCUT2D eigenvalue weighted by molar-refractivity contribution is 0.102. The summed E-state index contributed by atoms with van der Waals surface area (Å²) < 4.78 is 5.15. The Hall–Kier alpha value is -3.12. The molecule has 7 heteroatoms. The van der Waals surface area contributed by atoms with E-state index in [0.717, 1.165) is 16.9 Å². The van der Waals surface area contributed by atoms with Gasteiger partial charge in [-0.05, 0) is 43.7 Å². The van der Waals surface area contributed by atoms with E-state index in [1.165, 1.54) is 0 Å². The summed E-state index contributed by atoms with van der Waals surface area (Å²) in [6, 6.07) is 14.5. The van der Waals surface area contributed by atoms with E-state index < -0.39 is 0 Å². The minimum absolute atomic E-state index is 0.271. The molecule has 0 aliphatic rings. The van der Waals surface area contributed by atoms with Gasteiger partial charge in [0.1, 0.15) is 23.1 Å². The van der Waals surface area contributed by atoms with Crippen LogP contribution in [-0.4, -0.2) is 23.0 Å². The zero-order chi connectivity index (χ0) is 19.4. The number of anilines is 3. The number of ether oxygens (including phenoxy) is 1. The lowest BCUT2D eigenvalue weighted by Crippen LogP contribution is -2.16. The van der Waals surface area contributed by atoms with E-state index in [2.05, 4.69) is 20.6 Å². The number of aryl methyl sites for hydroxylation is 2. The second-order valence-electron chi connectivity index (χ2n) is 5.93. The number of hydrogen-bond acceptors (Lipinski definition) is 5. The number of nitrogens with one attached hydrogen (secondary N) is 2. The van der Waals surface area contributed by atoms with Gasteiger partial charge in [-0.2, -0.15) is 0 Å². The standard InChI is InChI=1S/C20H19ClN4O2/c1-12-6-4-5-7-16(12)25-20(26)17-11-19(23-13(2)22-17)24-14-8-9-18(27-3)15(21)10-14/h4-11H,1-3H3,(H,25,26)(H,22,23,24). The van der Waals surface area contributed by atoms with Gasteiger partial charge in [0.2, 0.25) is 0 Å². The van der Waals surface area contributed by atoms with Crippen LogP contribution in [0, 0.1) is 13.8 Å². The molecule has 0 atom stereocenters. The Kier molecular flexibility index (Phi) is 5.57. The van der Waals surface area contributed by atoms with Gasteiger partial charge in [-0.15, -0.1) is 0 Å². The molecule has 0 bridgehead atoms. The van der Waals surface area contributed by atoms with Gasteiger partial charge < -0.3 is 15.4 Å². The topological polar surface area (TPSA) is 76.1 Å². The average Bonchev–Trinajstić information content (AvgIpc) is 2.63. The average molecular weight is 383 g/mol. The maximum atomic E-state index is 12.6. The Morgan fingerprint density at radius 2 is 1.85 bits per heavy atom. The van der Waals surface area contributed by atoms with Crippen molar-refractivity contribution >= 4 is 34.7 Å². The number of benzene rings is 2. The van der Waals surface area contributed by atoms with Gasteiger partial charge in [-0.25, -0.2) is 9.97 Å². The van der Waals surface area contributed by atoms with E-state index in [4.69, 9.17) is 16.3 Å². The molecule has 0 aliphatic heterocycles. The molecule has 0 saturated heterocycles. The number of para-hydroxylation sites is 1. The molecule has 3 aromatic rings. The van der Waals surface area contributed by atoms with Gasteiger partial charge >= 0.3 is 0 Å². The fourth-order valence-corrected chi connectivity index (χ4v) is 2.80. The molecule has 27 heavy (non-hydrogen) atoms. The van der Waals surface area contributed by atoms with Crippen LogP contribution in [0.4, 0.5) is 17.2 Å². The van der Waals surface area contributed by atoms with Crippen molar-refractivity contribution < 1.29 is 9.53 Å². The first-order valence-electron chi connectivity index (χ1n) is 8.29. The number of hydrogen-bond donors (Lipinski definition) is 2. The summed E-state index contributed by atoms with van der Waals surface area (Å²) in [5, 5.41) is 6.49. The predicted molar refractivity (Wildman–Crippen MR) is 107 cm³/mol. The number of rotatable bonds is 5. The Labute approximate surface area is 162 Å². The van der Waals surface area contributed by atoms with Crippen LogP contribution >= 0.6 is 11.6 Å². The van der Waals surface area contributed by atoms with Gasteiger partial charge in [-0.3, -0.25) is 4.79 Å².